The van der Waals surface area contributed by atoms with Gasteiger partial charge in [0.1, 0.15) is 0 Å². The molecule has 0 saturated heterocycles. The SMILES string of the molecule is Cc1cccc(CS(=O)(=O)Nc2ccc3c(c2)ncn3C(C)C)c1. The summed E-state index contributed by atoms with van der Waals surface area (Å²) in [5, 5.41) is 0. The van der Waals surface area contributed by atoms with Gasteiger partial charge in [-0.25, -0.2) is 13.4 Å². The number of aromatic nitrogens is 2. The van der Waals surface area contributed by atoms with Crippen LogP contribution in [0, 0.1) is 6.92 Å². The maximum Gasteiger partial charge on any atom is 0.236 e. The number of fused-ring (bicyclic) bond motifs is 1. The molecule has 0 radical (unpaired) electrons. The highest BCUT2D eigenvalue weighted by atomic mass is 32.2. The Morgan fingerprint density at radius 2 is 1.96 bits per heavy atom. The van der Waals surface area contributed by atoms with Crippen LogP contribution in [-0.4, -0.2) is 18.0 Å². The van der Waals surface area contributed by atoms with Crippen LogP contribution >= 0.6 is 0 Å². The second kappa shape index (κ2) is 6.28. The standard InChI is InChI=1S/C18H21N3O2S/c1-13(2)21-12-19-17-10-16(7-8-18(17)21)20-24(22,23)11-15-6-4-5-14(3)9-15/h4-10,12-13,20H,11H2,1-3H3. The Morgan fingerprint density at radius 3 is 2.67 bits per heavy atom. The molecule has 5 nitrogen and oxygen atoms in total. The number of nitrogens with one attached hydrogen (secondary N) is 1. The summed E-state index contributed by atoms with van der Waals surface area (Å²) in [5.41, 5.74) is 4.12. The Morgan fingerprint density at radius 1 is 1.17 bits per heavy atom. The summed E-state index contributed by atoms with van der Waals surface area (Å²) in [6.07, 6.45) is 1.78. The Hall–Kier alpha value is -2.34. The molecule has 1 heterocycles. The van der Waals surface area contributed by atoms with Crippen LogP contribution in [0.1, 0.15) is 31.0 Å². The molecule has 3 rings (SSSR count). The largest absolute Gasteiger partial charge is 0.328 e. The topological polar surface area (TPSA) is 64.0 Å². The van der Waals surface area contributed by atoms with E-state index in [1.165, 1.54) is 0 Å². The molecule has 1 aromatic heterocycles. The van der Waals surface area contributed by atoms with Crippen LogP contribution in [0.15, 0.2) is 48.8 Å². The van der Waals surface area contributed by atoms with Crippen molar-refractivity contribution in [3.8, 4) is 0 Å². The van der Waals surface area contributed by atoms with Crippen LogP contribution in [0.2, 0.25) is 0 Å². The third-order valence-corrected chi connectivity index (χ3v) is 5.10. The van der Waals surface area contributed by atoms with Crippen molar-refractivity contribution in [2.45, 2.75) is 32.6 Å². The maximum absolute atomic E-state index is 12.4. The van der Waals surface area contributed by atoms with E-state index in [1.54, 1.807) is 18.5 Å². The van der Waals surface area contributed by atoms with Gasteiger partial charge in [0.15, 0.2) is 0 Å². The second-order valence-corrected chi connectivity index (χ2v) is 8.02. The second-order valence-electron chi connectivity index (χ2n) is 6.30. The Kier molecular flexibility index (Phi) is 4.32. The molecule has 0 atom stereocenters. The van der Waals surface area contributed by atoms with E-state index in [9.17, 15) is 8.42 Å². The first kappa shape index (κ1) is 16.5. The summed E-state index contributed by atoms with van der Waals surface area (Å²) in [4.78, 5) is 4.35. The minimum atomic E-state index is -3.47. The van der Waals surface area contributed by atoms with Crippen LogP contribution in [0.5, 0.6) is 0 Å². The molecule has 0 amide bonds. The van der Waals surface area contributed by atoms with Gasteiger partial charge in [-0.2, -0.15) is 0 Å². The molecule has 24 heavy (non-hydrogen) atoms. The van der Waals surface area contributed by atoms with Crippen LogP contribution in [0.25, 0.3) is 11.0 Å². The fourth-order valence-electron chi connectivity index (χ4n) is 2.74. The van der Waals surface area contributed by atoms with Crippen molar-refractivity contribution < 1.29 is 8.42 Å². The van der Waals surface area contributed by atoms with Gasteiger partial charge in [-0.15, -0.1) is 0 Å². The lowest BCUT2D eigenvalue weighted by molar-refractivity contribution is 0.600. The van der Waals surface area contributed by atoms with Crippen molar-refractivity contribution in [3.63, 3.8) is 0 Å². The number of nitrogens with zero attached hydrogens (tertiary/aromatic N) is 2. The maximum atomic E-state index is 12.4. The number of aryl methyl sites for hydroxylation is 1. The molecule has 0 aliphatic carbocycles. The first-order chi connectivity index (χ1) is 11.3. The average Bonchev–Trinajstić information content (AvgIpc) is 2.89. The van der Waals surface area contributed by atoms with E-state index >= 15 is 0 Å². The first-order valence-electron chi connectivity index (χ1n) is 7.87. The fraction of sp³-hybridized carbons (Fsp3) is 0.278. The van der Waals surface area contributed by atoms with E-state index in [0.717, 1.165) is 22.2 Å². The van der Waals surface area contributed by atoms with Gasteiger partial charge >= 0.3 is 0 Å². The molecular formula is C18H21N3O2S. The quantitative estimate of drug-likeness (QED) is 0.765. The molecule has 0 bridgehead atoms. The third kappa shape index (κ3) is 3.59. The lowest BCUT2D eigenvalue weighted by atomic mass is 10.2. The van der Waals surface area contributed by atoms with Gasteiger partial charge in [-0.1, -0.05) is 29.8 Å². The van der Waals surface area contributed by atoms with E-state index in [0.29, 0.717) is 11.7 Å². The van der Waals surface area contributed by atoms with E-state index in [2.05, 4.69) is 28.1 Å². The highest BCUT2D eigenvalue weighted by Gasteiger charge is 2.13. The number of rotatable bonds is 5. The molecule has 1 N–H and O–H groups in total. The number of imidazole rings is 1. The van der Waals surface area contributed by atoms with Crippen molar-refractivity contribution in [2.24, 2.45) is 0 Å². The Balaban J connectivity index is 1.83. The average molecular weight is 343 g/mol. The zero-order chi connectivity index (χ0) is 17.3. The first-order valence-corrected chi connectivity index (χ1v) is 9.52. The molecule has 2 aromatic carbocycles. The predicted octanol–water partition coefficient (Wildman–Crippen LogP) is 3.87. The van der Waals surface area contributed by atoms with Gasteiger partial charge in [-0.3, -0.25) is 4.72 Å². The van der Waals surface area contributed by atoms with Crippen molar-refractivity contribution >= 4 is 26.7 Å². The molecule has 0 aliphatic rings. The van der Waals surface area contributed by atoms with E-state index in [4.69, 9.17) is 0 Å². The molecule has 6 heteroatoms. The summed E-state index contributed by atoms with van der Waals surface area (Å²) in [7, 11) is -3.47. The van der Waals surface area contributed by atoms with Crippen molar-refractivity contribution in [2.75, 3.05) is 4.72 Å². The molecule has 0 saturated carbocycles. The fourth-order valence-corrected chi connectivity index (χ4v) is 3.92. The normalized spacial score (nSPS) is 12.0. The van der Waals surface area contributed by atoms with E-state index < -0.39 is 10.0 Å². The van der Waals surface area contributed by atoms with Crippen LogP contribution in [0.4, 0.5) is 5.69 Å². The highest BCUT2D eigenvalue weighted by Crippen LogP contribution is 2.22. The molecule has 0 aliphatic heterocycles. The lowest BCUT2D eigenvalue weighted by Gasteiger charge is -2.10. The summed E-state index contributed by atoms with van der Waals surface area (Å²) in [6, 6.07) is 13.3. The molecular weight excluding hydrogens is 322 g/mol. The van der Waals surface area contributed by atoms with Crippen LogP contribution in [-0.2, 0) is 15.8 Å². The Bertz CT molecular complexity index is 975. The number of anilines is 1. The number of hydrogen-bond donors (Lipinski definition) is 1. The van der Waals surface area contributed by atoms with Crippen molar-refractivity contribution in [1.82, 2.24) is 9.55 Å². The smallest absolute Gasteiger partial charge is 0.236 e. The van der Waals surface area contributed by atoms with Crippen LogP contribution < -0.4 is 4.72 Å². The van der Waals surface area contributed by atoms with Crippen LogP contribution in [0.3, 0.4) is 0 Å². The number of hydrogen-bond acceptors (Lipinski definition) is 3. The minimum absolute atomic E-state index is 0.0485. The van der Waals surface area contributed by atoms with E-state index in [-0.39, 0.29) is 5.75 Å². The third-order valence-electron chi connectivity index (χ3n) is 3.84. The predicted molar refractivity (Wildman–Crippen MR) is 97.5 cm³/mol. The van der Waals surface area contributed by atoms with Gasteiger partial charge in [-0.05, 0) is 44.5 Å². The number of benzene rings is 2. The van der Waals surface area contributed by atoms with Gasteiger partial charge in [0.2, 0.25) is 10.0 Å². The Labute approximate surface area is 142 Å². The zero-order valence-electron chi connectivity index (χ0n) is 14.0. The summed E-state index contributed by atoms with van der Waals surface area (Å²) >= 11 is 0. The summed E-state index contributed by atoms with van der Waals surface area (Å²) in [6.45, 7) is 6.11. The van der Waals surface area contributed by atoms with Crippen molar-refractivity contribution in [3.05, 3.63) is 59.9 Å². The molecule has 0 spiro atoms. The summed E-state index contributed by atoms with van der Waals surface area (Å²) in [5.74, 6) is -0.0485. The number of sulfonamides is 1. The molecule has 0 unspecified atom stereocenters. The summed E-state index contributed by atoms with van der Waals surface area (Å²) < 4.78 is 29.5. The van der Waals surface area contributed by atoms with Gasteiger partial charge in [0.05, 0.1) is 28.8 Å². The minimum Gasteiger partial charge on any atom is -0.328 e. The van der Waals surface area contributed by atoms with Gasteiger partial charge in [0, 0.05) is 6.04 Å². The van der Waals surface area contributed by atoms with Gasteiger partial charge < -0.3 is 4.57 Å². The monoisotopic (exact) mass is 343 g/mol. The van der Waals surface area contributed by atoms with E-state index in [1.807, 2.05) is 37.3 Å². The molecule has 0 fully saturated rings. The molecule has 3 aromatic rings. The molecule has 126 valence electrons. The highest BCUT2D eigenvalue weighted by molar-refractivity contribution is 7.91. The van der Waals surface area contributed by atoms with Gasteiger partial charge in [0.25, 0.3) is 0 Å². The zero-order valence-corrected chi connectivity index (χ0v) is 14.8. The lowest BCUT2D eigenvalue weighted by Crippen LogP contribution is -2.15. The van der Waals surface area contributed by atoms with Crippen molar-refractivity contribution in [1.29, 1.82) is 0 Å².